The standard InChI is InChI=1S/C17H15.C12H13.2CH3.2ClH.Si.Zr/c1-12-10-16-13(2)8-9-15(17(16)11-12)14-6-4-3-5-7-14;1-9(2)12-7-10-5-3-4-6-11(10)8-12;;;;;;/h3-11H,1-2H3;3-9H,1-2H3;2*1H3;2*1H;;/q4*-1;;;;. The Hall–Kier alpha value is -1.44. The summed E-state index contributed by atoms with van der Waals surface area (Å²) in [6.07, 6.45) is 0. The Morgan fingerprint density at radius 3 is 1.94 bits per heavy atom. The molecule has 0 fully saturated rings. The molecule has 0 nitrogen and oxygen atoms in total. The Kier molecular flexibility index (Phi) is 17.4. The van der Waals surface area contributed by atoms with Gasteiger partial charge in [-0.25, -0.2) is 0 Å². The summed E-state index contributed by atoms with van der Waals surface area (Å²) >= 11 is 1.36. The third-order valence-electron chi connectivity index (χ3n) is 5.64. The zero-order valence-corrected chi connectivity index (χ0v) is 26.6. The van der Waals surface area contributed by atoms with E-state index in [0.717, 1.165) is 0 Å². The Morgan fingerprint density at radius 2 is 1.34 bits per heavy atom. The van der Waals surface area contributed by atoms with Gasteiger partial charge < -0.3 is 14.9 Å². The van der Waals surface area contributed by atoms with Crippen molar-refractivity contribution in [1.29, 1.82) is 0 Å². The maximum atomic E-state index is 3.06. The summed E-state index contributed by atoms with van der Waals surface area (Å²) in [6, 6.07) is 32.7. The van der Waals surface area contributed by atoms with Gasteiger partial charge in [-0.2, -0.15) is 12.1 Å². The zero-order chi connectivity index (χ0) is 22.4. The fourth-order valence-electron chi connectivity index (χ4n) is 3.97. The number of benzene rings is 3. The van der Waals surface area contributed by atoms with E-state index in [2.05, 4.69) is 126 Å². The minimum atomic E-state index is 0. The average Bonchev–Trinajstić information content (AvgIpc) is 3.41. The Labute approximate surface area is 242 Å². The van der Waals surface area contributed by atoms with Crippen molar-refractivity contribution in [2.75, 3.05) is 0 Å². The maximum absolute atomic E-state index is 3.06. The zero-order valence-electron chi connectivity index (χ0n) is 21.6. The fourth-order valence-corrected chi connectivity index (χ4v) is 3.97. The van der Waals surface area contributed by atoms with Gasteiger partial charge in [0.15, 0.2) is 0 Å². The van der Waals surface area contributed by atoms with E-state index in [4.69, 9.17) is 0 Å². The van der Waals surface area contributed by atoms with Crippen LogP contribution in [0.2, 0.25) is 0 Å². The van der Waals surface area contributed by atoms with Crippen molar-refractivity contribution in [2.45, 2.75) is 33.6 Å². The van der Waals surface area contributed by atoms with Crippen molar-refractivity contribution in [1.82, 2.24) is 0 Å². The third-order valence-corrected chi connectivity index (χ3v) is 5.64. The van der Waals surface area contributed by atoms with Gasteiger partial charge in [0.2, 0.25) is 0 Å². The molecule has 0 aromatic heterocycles. The third kappa shape index (κ3) is 8.87. The SMILES string of the molecule is CC(C)c1cc2ccccc2[cH-]1.Cc1cc2c(-c3ccccc3)ccc(C)c2[cH-]1.Cl.Cl.[CH3-].[CH3-].[Si]=[Zr]. The Morgan fingerprint density at radius 1 is 0.743 bits per heavy atom. The molecular weight excluding hydrogens is 563 g/mol. The first-order chi connectivity index (χ1) is 15.0. The van der Waals surface area contributed by atoms with Crippen molar-refractivity contribution in [3.05, 3.63) is 123 Å². The summed E-state index contributed by atoms with van der Waals surface area (Å²) in [5.41, 5.74) is 6.76. The predicted octanol–water partition coefficient (Wildman–Crippen LogP) is 9.89. The molecule has 0 saturated heterocycles. The van der Waals surface area contributed by atoms with Gasteiger partial charge in [0.05, 0.1) is 0 Å². The van der Waals surface area contributed by atoms with E-state index in [1.807, 2.05) is 0 Å². The molecule has 2 radical (unpaired) electrons. The van der Waals surface area contributed by atoms with Crippen LogP contribution in [0.25, 0.3) is 32.7 Å². The van der Waals surface area contributed by atoms with Gasteiger partial charge in [0.1, 0.15) is 0 Å². The van der Waals surface area contributed by atoms with Gasteiger partial charge in [-0.05, 0) is 11.5 Å². The first kappa shape index (κ1) is 35.7. The molecule has 0 atom stereocenters. The van der Waals surface area contributed by atoms with Gasteiger partial charge in [0.25, 0.3) is 0 Å². The van der Waals surface area contributed by atoms with Crippen molar-refractivity contribution in [2.24, 2.45) is 0 Å². The molecule has 0 unspecified atom stereocenters. The summed E-state index contributed by atoms with van der Waals surface area (Å²) < 4.78 is 0. The molecule has 0 amide bonds. The topological polar surface area (TPSA) is 0 Å². The minimum absolute atomic E-state index is 0. The summed E-state index contributed by atoms with van der Waals surface area (Å²) in [7, 11) is 0. The number of fused-ring (bicyclic) bond motifs is 2. The molecule has 0 aliphatic heterocycles. The van der Waals surface area contributed by atoms with Crippen LogP contribution in [-0.2, 0) is 23.3 Å². The van der Waals surface area contributed by atoms with Crippen molar-refractivity contribution in [3.8, 4) is 11.1 Å². The Bertz CT molecular complexity index is 1240. The number of hydrogen-bond donors (Lipinski definition) is 0. The summed E-state index contributed by atoms with van der Waals surface area (Å²) in [4.78, 5) is 0. The van der Waals surface area contributed by atoms with Crippen LogP contribution in [0.4, 0.5) is 0 Å². The molecule has 5 rings (SSSR count). The molecule has 5 aromatic carbocycles. The van der Waals surface area contributed by atoms with Gasteiger partial charge in [-0.1, -0.05) is 75.7 Å². The molecule has 0 heterocycles. The first-order valence-corrected chi connectivity index (χ1v) is 14.8. The van der Waals surface area contributed by atoms with E-state index in [1.54, 1.807) is 0 Å². The van der Waals surface area contributed by atoms with E-state index in [1.165, 1.54) is 72.7 Å². The molecule has 0 aliphatic rings. The molecule has 186 valence electrons. The summed E-state index contributed by atoms with van der Waals surface area (Å²) in [6.45, 7) is 11.9. The Balaban J connectivity index is 0. The van der Waals surface area contributed by atoms with Gasteiger partial charge in [-0.15, -0.1) is 99.4 Å². The van der Waals surface area contributed by atoms with Crippen molar-refractivity contribution in [3.63, 3.8) is 0 Å². The number of rotatable bonds is 2. The molecule has 5 aromatic rings. The fraction of sp³-hybridized carbons (Fsp3) is 0.161. The second kappa shape index (κ2) is 17.1. The van der Waals surface area contributed by atoms with Crippen molar-refractivity contribution < 1.29 is 23.3 Å². The van der Waals surface area contributed by atoms with Gasteiger partial charge in [0, 0.05) is 0 Å². The predicted molar refractivity (Wildman–Crippen MR) is 161 cm³/mol. The van der Waals surface area contributed by atoms with Crippen LogP contribution in [-0.4, -0.2) is 6.88 Å². The van der Waals surface area contributed by atoms with Crippen LogP contribution in [0, 0.1) is 28.7 Å². The summed E-state index contributed by atoms with van der Waals surface area (Å²) in [5.74, 6) is 0.636. The van der Waals surface area contributed by atoms with Gasteiger partial charge in [-0.3, -0.25) is 0 Å². The van der Waals surface area contributed by atoms with Crippen molar-refractivity contribution >= 4 is 53.2 Å². The van der Waals surface area contributed by atoms with E-state index in [0.29, 0.717) is 5.92 Å². The molecule has 35 heavy (non-hydrogen) atoms. The van der Waals surface area contributed by atoms with Crippen LogP contribution in [0.15, 0.2) is 91.0 Å². The second-order valence-electron chi connectivity index (χ2n) is 8.23. The van der Waals surface area contributed by atoms with E-state index < -0.39 is 0 Å². The van der Waals surface area contributed by atoms with Crippen LogP contribution in [0.1, 0.15) is 36.5 Å². The molecule has 0 saturated carbocycles. The summed E-state index contributed by atoms with van der Waals surface area (Å²) in [5, 5.41) is 5.47. The van der Waals surface area contributed by atoms with E-state index in [9.17, 15) is 0 Å². The number of aryl methyl sites for hydroxylation is 2. The normalized spacial score (nSPS) is 9.26. The molecule has 0 bridgehead atoms. The monoisotopic (exact) mass is 596 g/mol. The van der Waals surface area contributed by atoms with E-state index in [-0.39, 0.29) is 39.7 Å². The second-order valence-corrected chi connectivity index (χ2v) is 8.23. The van der Waals surface area contributed by atoms with Crippen LogP contribution < -0.4 is 0 Å². The number of halogens is 2. The number of hydrogen-bond acceptors (Lipinski definition) is 0. The molecule has 4 heteroatoms. The first-order valence-electron chi connectivity index (χ1n) is 10.7. The molecule has 0 spiro atoms. The quantitative estimate of drug-likeness (QED) is 0.140. The average molecular weight is 599 g/mol. The molecule has 0 N–H and O–H groups in total. The molecular formula is C31H36Cl2SiZr-4. The van der Waals surface area contributed by atoms with Crippen LogP contribution in [0.3, 0.4) is 0 Å². The van der Waals surface area contributed by atoms with Crippen LogP contribution in [0.5, 0.6) is 0 Å². The molecule has 0 aliphatic carbocycles. The van der Waals surface area contributed by atoms with Gasteiger partial charge >= 0.3 is 30.2 Å². The van der Waals surface area contributed by atoms with Crippen LogP contribution >= 0.6 is 24.8 Å². The van der Waals surface area contributed by atoms with E-state index >= 15 is 0 Å².